The predicted molar refractivity (Wildman–Crippen MR) is 118 cm³/mol. The molecule has 0 aromatic heterocycles. The van der Waals surface area contributed by atoms with Gasteiger partial charge in [-0.05, 0) is 36.3 Å². The number of nitrogens with one attached hydrogen (secondary N) is 2. The Labute approximate surface area is 178 Å². The minimum atomic E-state index is -0.395. The molecule has 0 aliphatic heterocycles. The van der Waals surface area contributed by atoms with Crippen LogP contribution in [0.3, 0.4) is 0 Å². The minimum Gasteiger partial charge on any atom is -0.354 e. The first-order valence-electron chi connectivity index (χ1n) is 10.0. The van der Waals surface area contributed by atoms with E-state index in [4.69, 9.17) is 11.6 Å². The van der Waals surface area contributed by atoms with Crippen LogP contribution in [0.4, 0.5) is 0 Å². The van der Waals surface area contributed by atoms with Crippen LogP contribution in [-0.4, -0.2) is 36.3 Å². The van der Waals surface area contributed by atoms with Gasteiger partial charge in [0, 0.05) is 18.5 Å². The Morgan fingerprint density at radius 2 is 1.59 bits per heavy atom. The molecule has 0 aliphatic carbocycles. The molecule has 156 valence electrons. The number of benzene rings is 2. The molecular weight excluding hydrogens is 386 g/mol. The van der Waals surface area contributed by atoms with Crippen LogP contribution in [0.5, 0.6) is 0 Å². The maximum absolute atomic E-state index is 12.7. The third-order valence-corrected chi connectivity index (χ3v) is 5.22. The molecule has 2 rings (SSSR count). The lowest BCUT2D eigenvalue weighted by molar-refractivity contribution is -0.123. The number of hydrogen-bond acceptors (Lipinski definition) is 3. The second kappa shape index (κ2) is 11.6. The van der Waals surface area contributed by atoms with Crippen molar-refractivity contribution in [3.05, 3.63) is 70.7 Å². The lowest BCUT2D eigenvalue weighted by Gasteiger charge is -2.30. The molecule has 0 saturated heterocycles. The van der Waals surface area contributed by atoms with Gasteiger partial charge < -0.3 is 10.6 Å². The Morgan fingerprint density at radius 3 is 2.14 bits per heavy atom. The van der Waals surface area contributed by atoms with Crippen molar-refractivity contribution in [1.29, 1.82) is 0 Å². The minimum absolute atomic E-state index is 0.102. The largest absolute Gasteiger partial charge is 0.354 e. The van der Waals surface area contributed by atoms with Gasteiger partial charge in [0.1, 0.15) is 0 Å². The van der Waals surface area contributed by atoms with Gasteiger partial charge in [-0.1, -0.05) is 67.9 Å². The first-order chi connectivity index (χ1) is 13.9. The summed E-state index contributed by atoms with van der Waals surface area (Å²) < 4.78 is 0. The molecule has 0 fully saturated rings. The van der Waals surface area contributed by atoms with Gasteiger partial charge in [-0.2, -0.15) is 0 Å². The Bertz CT molecular complexity index is 776. The molecule has 2 N–H and O–H groups in total. The third-order valence-electron chi connectivity index (χ3n) is 4.97. The number of carbonyl (C=O) groups is 2. The van der Waals surface area contributed by atoms with E-state index in [1.165, 1.54) is 12.5 Å². The zero-order valence-corrected chi connectivity index (χ0v) is 18.1. The summed E-state index contributed by atoms with van der Waals surface area (Å²) in [5.74, 6) is -0.283. The molecular formula is C23H30ClN3O2. The Kier molecular flexibility index (Phi) is 9.16. The zero-order chi connectivity index (χ0) is 21.2. The highest BCUT2D eigenvalue weighted by Gasteiger charge is 2.21. The van der Waals surface area contributed by atoms with E-state index in [9.17, 15) is 9.59 Å². The fourth-order valence-corrected chi connectivity index (χ4v) is 3.58. The number of amides is 2. The Morgan fingerprint density at radius 1 is 0.966 bits per heavy atom. The second-order valence-electron chi connectivity index (χ2n) is 6.96. The first kappa shape index (κ1) is 22.9. The maximum Gasteiger partial charge on any atom is 0.222 e. The quantitative estimate of drug-likeness (QED) is 0.614. The molecule has 2 unspecified atom stereocenters. The fraction of sp³-hybridized carbons (Fsp3) is 0.391. The van der Waals surface area contributed by atoms with Crippen LogP contribution in [0.2, 0.25) is 5.02 Å². The second-order valence-corrected chi connectivity index (χ2v) is 7.40. The van der Waals surface area contributed by atoms with E-state index < -0.39 is 6.04 Å². The third kappa shape index (κ3) is 7.18. The van der Waals surface area contributed by atoms with E-state index in [0.29, 0.717) is 11.6 Å². The monoisotopic (exact) mass is 415 g/mol. The highest BCUT2D eigenvalue weighted by molar-refractivity contribution is 6.30. The molecule has 0 radical (unpaired) electrons. The van der Waals surface area contributed by atoms with Crippen LogP contribution in [0, 0.1) is 0 Å². The number of halogens is 1. The van der Waals surface area contributed by atoms with E-state index in [1.54, 1.807) is 12.1 Å². The van der Waals surface area contributed by atoms with Gasteiger partial charge in [0.25, 0.3) is 0 Å². The number of hydrogen-bond donors (Lipinski definition) is 2. The summed E-state index contributed by atoms with van der Waals surface area (Å²) in [5.41, 5.74) is 2.02. The van der Waals surface area contributed by atoms with Crippen LogP contribution in [0.15, 0.2) is 54.6 Å². The predicted octanol–water partition coefficient (Wildman–Crippen LogP) is 4.11. The Balaban J connectivity index is 2.07. The van der Waals surface area contributed by atoms with Crippen LogP contribution < -0.4 is 10.6 Å². The normalized spacial score (nSPS) is 13.0. The number of likely N-dealkylation sites (N-methyl/N-ethyl adjacent to an activating group) is 1. The average Bonchev–Trinajstić information content (AvgIpc) is 2.71. The summed E-state index contributed by atoms with van der Waals surface area (Å²) >= 11 is 5.96. The van der Waals surface area contributed by atoms with Crippen LogP contribution in [-0.2, 0) is 9.59 Å². The molecule has 0 bridgehead atoms. The van der Waals surface area contributed by atoms with E-state index in [1.807, 2.05) is 30.3 Å². The van der Waals surface area contributed by atoms with Gasteiger partial charge in [-0.25, -0.2) is 0 Å². The topological polar surface area (TPSA) is 61.4 Å². The maximum atomic E-state index is 12.7. The number of carbonyl (C=O) groups excluding carboxylic acids is 2. The molecule has 2 amide bonds. The van der Waals surface area contributed by atoms with Crippen molar-refractivity contribution in [3.63, 3.8) is 0 Å². The van der Waals surface area contributed by atoms with Crippen LogP contribution in [0.1, 0.15) is 50.4 Å². The van der Waals surface area contributed by atoms with Crippen molar-refractivity contribution in [3.8, 4) is 0 Å². The smallest absolute Gasteiger partial charge is 0.222 e. The molecule has 2 aromatic rings. The first-order valence-corrected chi connectivity index (χ1v) is 10.4. The summed E-state index contributed by atoms with van der Waals surface area (Å²) in [7, 11) is 0. The number of rotatable bonds is 10. The van der Waals surface area contributed by atoms with Gasteiger partial charge in [-0.15, -0.1) is 0 Å². The summed E-state index contributed by atoms with van der Waals surface area (Å²) in [5, 5.41) is 6.53. The molecule has 0 aliphatic rings. The molecule has 0 spiro atoms. The molecule has 0 saturated carbocycles. The van der Waals surface area contributed by atoms with E-state index >= 15 is 0 Å². The molecule has 5 nitrogen and oxygen atoms in total. The van der Waals surface area contributed by atoms with Gasteiger partial charge in [0.2, 0.25) is 11.8 Å². The van der Waals surface area contributed by atoms with Crippen molar-refractivity contribution in [1.82, 2.24) is 15.5 Å². The van der Waals surface area contributed by atoms with Gasteiger partial charge in [0.15, 0.2) is 0 Å². The summed E-state index contributed by atoms with van der Waals surface area (Å²) in [4.78, 5) is 26.6. The van der Waals surface area contributed by atoms with Crippen molar-refractivity contribution in [2.75, 3.05) is 19.6 Å². The lowest BCUT2D eigenvalue weighted by Crippen LogP contribution is -2.39. The SMILES string of the molecule is CCN(CC)C(CNC(=O)CC(NC(C)=O)c1ccc(Cl)cc1)c1ccccc1. The van der Waals surface area contributed by atoms with E-state index in [2.05, 4.69) is 41.5 Å². The Hall–Kier alpha value is -2.37. The van der Waals surface area contributed by atoms with Crippen molar-refractivity contribution in [2.45, 2.75) is 39.3 Å². The molecule has 2 aromatic carbocycles. The fourth-order valence-electron chi connectivity index (χ4n) is 3.46. The molecule has 6 heteroatoms. The van der Waals surface area contributed by atoms with Gasteiger partial charge in [-0.3, -0.25) is 14.5 Å². The average molecular weight is 416 g/mol. The van der Waals surface area contributed by atoms with Gasteiger partial charge >= 0.3 is 0 Å². The molecule has 0 heterocycles. The zero-order valence-electron chi connectivity index (χ0n) is 17.3. The lowest BCUT2D eigenvalue weighted by atomic mass is 10.0. The highest BCUT2D eigenvalue weighted by Crippen LogP contribution is 2.21. The number of nitrogens with zero attached hydrogens (tertiary/aromatic N) is 1. The summed E-state index contributed by atoms with van der Waals surface area (Å²) in [6, 6.07) is 17.1. The van der Waals surface area contributed by atoms with Gasteiger partial charge in [0.05, 0.1) is 18.5 Å². The molecule has 29 heavy (non-hydrogen) atoms. The summed E-state index contributed by atoms with van der Waals surface area (Å²) in [6.07, 6.45) is 0.168. The van der Waals surface area contributed by atoms with E-state index in [0.717, 1.165) is 18.7 Å². The standard InChI is InChI=1S/C23H30ClN3O2/c1-4-27(5-2)22(19-9-7-6-8-10-19)16-25-23(29)15-21(26-17(3)28)18-11-13-20(24)14-12-18/h6-14,21-22H,4-5,15-16H2,1-3H3,(H,25,29)(H,26,28). The van der Waals surface area contributed by atoms with Crippen molar-refractivity contribution < 1.29 is 9.59 Å². The van der Waals surface area contributed by atoms with Crippen LogP contribution in [0.25, 0.3) is 0 Å². The van der Waals surface area contributed by atoms with E-state index in [-0.39, 0.29) is 24.3 Å². The summed E-state index contributed by atoms with van der Waals surface area (Å²) in [6.45, 7) is 7.99. The van der Waals surface area contributed by atoms with Crippen molar-refractivity contribution in [2.24, 2.45) is 0 Å². The highest BCUT2D eigenvalue weighted by atomic mass is 35.5. The van der Waals surface area contributed by atoms with Crippen LogP contribution >= 0.6 is 11.6 Å². The van der Waals surface area contributed by atoms with Crippen molar-refractivity contribution >= 4 is 23.4 Å². The molecule has 2 atom stereocenters.